The lowest BCUT2D eigenvalue weighted by Crippen LogP contribution is -2.67. The molecule has 1 atom stereocenters. The van der Waals surface area contributed by atoms with Gasteiger partial charge in [0.1, 0.15) is 5.60 Å². The molecule has 0 radical (unpaired) electrons. The van der Waals surface area contributed by atoms with Crippen molar-refractivity contribution in [3.05, 3.63) is 29.6 Å². The number of carbonyl (C=O) groups is 1. The molecule has 0 unspecified atom stereocenters. The fourth-order valence-electron chi connectivity index (χ4n) is 3.43. The van der Waals surface area contributed by atoms with Crippen LogP contribution in [0.3, 0.4) is 0 Å². The van der Waals surface area contributed by atoms with E-state index in [1.807, 2.05) is 36.9 Å². The number of amides is 1. The maximum absolute atomic E-state index is 11.9. The smallest absolute Gasteiger partial charge is 0.222 e. The fourth-order valence-corrected chi connectivity index (χ4v) is 3.43. The number of rotatable bonds is 5. The second kappa shape index (κ2) is 6.97. The average Bonchev–Trinajstić information content (AvgIpc) is 2.51. The molecule has 0 saturated carbocycles. The van der Waals surface area contributed by atoms with Gasteiger partial charge in [0.05, 0.1) is 31.5 Å². The molecule has 1 aromatic rings. The van der Waals surface area contributed by atoms with Crippen LogP contribution in [0.15, 0.2) is 18.2 Å². The zero-order chi connectivity index (χ0) is 16.3. The molecule has 2 saturated heterocycles. The molecule has 5 nitrogen and oxygen atoms in total. The van der Waals surface area contributed by atoms with E-state index in [1.54, 1.807) is 0 Å². The van der Waals surface area contributed by atoms with E-state index in [1.165, 1.54) is 0 Å². The molecule has 1 spiro atoms. The Morgan fingerprint density at radius 2 is 2.30 bits per heavy atom. The molecule has 126 valence electrons. The molecule has 3 heterocycles. The Morgan fingerprint density at radius 3 is 3.04 bits per heavy atom. The van der Waals surface area contributed by atoms with Crippen molar-refractivity contribution in [2.75, 3.05) is 19.7 Å². The van der Waals surface area contributed by atoms with Gasteiger partial charge in [0, 0.05) is 25.1 Å². The zero-order valence-corrected chi connectivity index (χ0v) is 14.1. The molecule has 0 aromatic carbocycles. The predicted molar refractivity (Wildman–Crippen MR) is 87.0 cm³/mol. The number of nitrogens with zero attached hydrogens (tertiary/aromatic N) is 2. The summed E-state index contributed by atoms with van der Waals surface area (Å²) in [5.41, 5.74) is 1.81. The lowest BCUT2D eigenvalue weighted by atomic mass is 9.84. The standard InChI is InChI=1S/C18H26N2O3/c1-3-5-17(21)20-12-18(13-20)10-16(8-9-23-18)22-11-15-7-4-6-14(2)19-15/h4,6-7,16H,3,5,8-13H2,1-2H3/t16-/m0/s1. The Balaban J connectivity index is 1.49. The highest BCUT2D eigenvalue weighted by atomic mass is 16.5. The van der Waals surface area contributed by atoms with Crippen molar-refractivity contribution in [3.8, 4) is 0 Å². The highest BCUT2D eigenvalue weighted by Crippen LogP contribution is 2.35. The van der Waals surface area contributed by atoms with E-state index >= 15 is 0 Å². The van der Waals surface area contributed by atoms with Crippen molar-refractivity contribution in [1.29, 1.82) is 0 Å². The maximum Gasteiger partial charge on any atom is 0.222 e. The van der Waals surface area contributed by atoms with Crippen LogP contribution in [0.4, 0.5) is 0 Å². The number of aryl methyl sites for hydroxylation is 1. The van der Waals surface area contributed by atoms with E-state index in [0.717, 1.165) is 30.7 Å². The van der Waals surface area contributed by atoms with Crippen molar-refractivity contribution in [2.45, 2.75) is 57.8 Å². The lowest BCUT2D eigenvalue weighted by molar-refractivity contribution is -0.202. The van der Waals surface area contributed by atoms with Crippen LogP contribution < -0.4 is 0 Å². The van der Waals surface area contributed by atoms with Gasteiger partial charge in [-0.1, -0.05) is 13.0 Å². The van der Waals surface area contributed by atoms with Gasteiger partial charge in [-0.05, 0) is 31.9 Å². The van der Waals surface area contributed by atoms with E-state index in [9.17, 15) is 4.79 Å². The van der Waals surface area contributed by atoms with Crippen molar-refractivity contribution in [3.63, 3.8) is 0 Å². The molecular formula is C18H26N2O3. The molecule has 1 amide bonds. The normalized spacial score (nSPS) is 22.9. The molecule has 2 aliphatic heterocycles. The molecule has 2 fully saturated rings. The summed E-state index contributed by atoms with van der Waals surface area (Å²) in [6.07, 6.45) is 3.51. The quantitative estimate of drug-likeness (QED) is 0.837. The molecule has 0 aliphatic carbocycles. The highest BCUT2D eigenvalue weighted by molar-refractivity contribution is 5.77. The first-order valence-electron chi connectivity index (χ1n) is 8.56. The van der Waals surface area contributed by atoms with Gasteiger partial charge in [0.2, 0.25) is 5.91 Å². The van der Waals surface area contributed by atoms with E-state index in [4.69, 9.17) is 9.47 Å². The monoisotopic (exact) mass is 318 g/mol. The van der Waals surface area contributed by atoms with Crippen LogP contribution >= 0.6 is 0 Å². The Labute approximate surface area is 138 Å². The Bertz CT molecular complexity index is 555. The number of carbonyl (C=O) groups excluding carboxylic acids is 1. The molecule has 0 N–H and O–H groups in total. The summed E-state index contributed by atoms with van der Waals surface area (Å²) in [6.45, 7) is 6.71. The molecule has 0 bridgehead atoms. The van der Waals surface area contributed by atoms with Crippen molar-refractivity contribution < 1.29 is 14.3 Å². The molecule has 5 heteroatoms. The van der Waals surface area contributed by atoms with Crippen LogP contribution in [0.25, 0.3) is 0 Å². The van der Waals surface area contributed by atoms with Crippen LogP contribution in [0.2, 0.25) is 0 Å². The largest absolute Gasteiger partial charge is 0.372 e. The van der Waals surface area contributed by atoms with Crippen LogP contribution in [0, 0.1) is 6.92 Å². The van der Waals surface area contributed by atoms with Crippen molar-refractivity contribution in [1.82, 2.24) is 9.88 Å². The fraction of sp³-hybridized carbons (Fsp3) is 0.667. The second-order valence-corrected chi connectivity index (χ2v) is 6.73. The Morgan fingerprint density at radius 1 is 1.48 bits per heavy atom. The van der Waals surface area contributed by atoms with Gasteiger partial charge in [0.25, 0.3) is 0 Å². The molecule has 1 aromatic heterocycles. The maximum atomic E-state index is 11.9. The topological polar surface area (TPSA) is 51.7 Å². The summed E-state index contributed by atoms with van der Waals surface area (Å²) in [5.74, 6) is 0.244. The minimum Gasteiger partial charge on any atom is -0.372 e. The third kappa shape index (κ3) is 3.90. The Kier molecular flexibility index (Phi) is 4.97. The molecule has 2 aliphatic rings. The number of ether oxygens (including phenoxy) is 2. The first-order valence-corrected chi connectivity index (χ1v) is 8.56. The van der Waals surface area contributed by atoms with Crippen molar-refractivity contribution in [2.24, 2.45) is 0 Å². The lowest BCUT2D eigenvalue weighted by Gasteiger charge is -2.53. The summed E-state index contributed by atoms with van der Waals surface area (Å²) in [7, 11) is 0. The van der Waals surface area contributed by atoms with E-state index in [-0.39, 0.29) is 17.6 Å². The van der Waals surface area contributed by atoms with Gasteiger partial charge < -0.3 is 14.4 Å². The van der Waals surface area contributed by atoms with Gasteiger partial charge in [-0.25, -0.2) is 0 Å². The summed E-state index contributed by atoms with van der Waals surface area (Å²) < 4.78 is 12.0. The van der Waals surface area contributed by atoms with Gasteiger partial charge in [-0.15, -0.1) is 0 Å². The minimum absolute atomic E-state index is 0.174. The van der Waals surface area contributed by atoms with Crippen LogP contribution in [0.1, 0.15) is 44.0 Å². The molecular weight excluding hydrogens is 292 g/mol. The number of pyridine rings is 1. The van der Waals surface area contributed by atoms with Crippen LogP contribution in [-0.4, -0.2) is 47.2 Å². The molecule has 3 rings (SSSR count). The number of hydrogen-bond donors (Lipinski definition) is 0. The van der Waals surface area contributed by atoms with Gasteiger partial charge in [-0.2, -0.15) is 0 Å². The number of aromatic nitrogens is 1. The summed E-state index contributed by atoms with van der Waals surface area (Å²) in [5, 5.41) is 0. The second-order valence-electron chi connectivity index (χ2n) is 6.73. The van der Waals surface area contributed by atoms with Gasteiger partial charge >= 0.3 is 0 Å². The SMILES string of the molecule is CCCC(=O)N1CC2(C[C@@H](OCc3cccc(C)n3)CCO2)C1. The van der Waals surface area contributed by atoms with Crippen LogP contribution in [0.5, 0.6) is 0 Å². The number of likely N-dealkylation sites (tertiary alicyclic amines) is 1. The van der Waals surface area contributed by atoms with Gasteiger partial charge in [0.15, 0.2) is 0 Å². The average molecular weight is 318 g/mol. The third-order valence-electron chi connectivity index (χ3n) is 4.64. The predicted octanol–water partition coefficient (Wildman–Crippen LogP) is 2.47. The zero-order valence-electron chi connectivity index (χ0n) is 14.1. The third-order valence-corrected chi connectivity index (χ3v) is 4.64. The summed E-state index contributed by atoms with van der Waals surface area (Å²) in [4.78, 5) is 18.3. The van der Waals surface area contributed by atoms with E-state index < -0.39 is 0 Å². The van der Waals surface area contributed by atoms with Crippen molar-refractivity contribution >= 4 is 5.91 Å². The molecule has 23 heavy (non-hydrogen) atoms. The number of hydrogen-bond acceptors (Lipinski definition) is 4. The first kappa shape index (κ1) is 16.4. The van der Waals surface area contributed by atoms with E-state index in [0.29, 0.717) is 32.7 Å². The Hall–Kier alpha value is -1.46. The minimum atomic E-state index is -0.174. The van der Waals surface area contributed by atoms with Crippen LogP contribution in [-0.2, 0) is 20.9 Å². The summed E-state index contributed by atoms with van der Waals surface area (Å²) >= 11 is 0. The van der Waals surface area contributed by atoms with E-state index in [2.05, 4.69) is 4.98 Å². The first-order chi connectivity index (χ1) is 11.1. The highest BCUT2D eigenvalue weighted by Gasteiger charge is 2.49. The summed E-state index contributed by atoms with van der Waals surface area (Å²) in [6, 6.07) is 6.00. The van der Waals surface area contributed by atoms with Gasteiger partial charge in [-0.3, -0.25) is 9.78 Å².